The molecule has 0 atom stereocenters. The Morgan fingerprint density at radius 1 is 0.467 bits per heavy atom. The second kappa shape index (κ2) is 8.50. The highest BCUT2D eigenvalue weighted by atomic mass is 16.1. The summed E-state index contributed by atoms with van der Waals surface area (Å²) in [6.45, 7) is 0. The van der Waals surface area contributed by atoms with Crippen LogP contribution < -0.4 is 0 Å². The predicted octanol–water partition coefficient (Wildman–Crippen LogP) is 5.18. The lowest BCUT2D eigenvalue weighted by Gasteiger charge is -2.13. The zero-order valence-corrected chi connectivity index (χ0v) is 16.0. The van der Waals surface area contributed by atoms with Gasteiger partial charge < -0.3 is 0 Å². The van der Waals surface area contributed by atoms with E-state index < -0.39 is 0 Å². The summed E-state index contributed by atoms with van der Waals surface area (Å²) in [5.74, 6) is -1.02. The standard InChI is InChI=1S/C27H17O3/c28-25(19-11-4-1-5-12-19)22-17-10-18-23(26(29)20-13-6-2-7-14-20)24(22)27(30)21-15-8-3-9-16-21/h1-9,11-18H. The van der Waals surface area contributed by atoms with E-state index >= 15 is 0 Å². The maximum Gasteiger partial charge on any atom is 0.194 e. The van der Waals surface area contributed by atoms with Crippen molar-refractivity contribution < 1.29 is 14.4 Å². The highest BCUT2D eigenvalue weighted by molar-refractivity contribution is 6.25. The highest BCUT2D eigenvalue weighted by Crippen LogP contribution is 2.24. The number of ketones is 3. The normalized spacial score (nSPS) is 10.4. The third-order valence-electron chi connectivity index (χ3n) is 4.82. The van der Waals surface area contributed by atoms with Crippen LogP contribution in [0.2, 0.25) is 0 Å². The van der Waals surface area contributed by atoms with Crippen LogP contribution in [0.25, 0.3) is 0 Å². The van der Waals surface area contributed by atoms with Crippen molar-refractivity contribution in [3.8, 4) is 0 Å². The molecule has 0 saturated heterocycles. The number of hydrogen-bond acceptors (Lipinski definition) is 3. The van der Waals surface area contributed by atoms with Crippen LogP contribution in [0.1, 0.15) is 47.8 Å². The van der Waals surface area contributed by atoms with E-state index in [-0.39, 0.29) is 34.0 Å². The molecule has 0 N–H and O–H groups in total. The van der Waals surface area contributed by atoms with E-state index in [0.29, 0.717) is 16.7 Å². The molecular weight excluding hydrogens is 372 g/mol. The topological polar surface area (TPSA) is 51.2 Å². The van der Waals surface area contributed by atoms with Crippen LogP contribution >= 0.6 is 0 Å². The summed E-state index contributed by atoms with van der Waals surface area (Å²) in [6, 6.07) is 31.9. The molecule has 1 radical (unpaired) electrons. The van der Waals surface area contributed by atoms with Crippen LogP contribution in [-0.4, -0.2) is 17.3 Å². The van der Waals surface area contributed by atoms with E-state index in [1.807, 2.05) is 18.2 Å². The molecule has 4 aromatic carbocycles. The fourth-order valence-electron chi connectivity index (χ4n) is 3.32. The largest absolute Gasteiger partial charge is 0.289 e. The molecule has 4 aromatic rings. The monoisotopic (exact) mass is 389 g/mol. The van der Waals surface area contributed by atoms with Gasteiger partial charge in [0.2, 0.25) is 0 Å². The van der Waals surface area contributed by atoms with Gasteiger partial charge in [-0.25, -0.2) is 0 Å². The SMILES string of the molecule is O=C(c1ccccc1)c1c[c]cc(C(=O)c2ccccc2)c1C(=O)c1ccccc1. The summed E-state index contributed by atoms with van der Waals surface area (Å²) >= 11 is 0. The minimum Gasteiger partial charge on any atom is -0.289 e. The molecule has 0 aliphatic carbocycles. The lowest BCUT2D eigenvalue weighted by atomic mass is 9.87. The van der Waals surface area contributed by atoms with Crippen molar-refractivity contribution in [3.63, 3.8) is 0 Å². The molecule has 30 heavy (non-hydrogen) atoms. The lowest BCUT2D eigenvalue weighted by molar-refractivity contribution is 0.0991. The first kappa shape index (κ1) is 19.2. The smallest absolute Gasteiger partial charge is 0.194 e. The van der Waals surface area contributed by atoms with Gasteiger partial charge in [-0.05, 0) is 18.2 Å². The fourth-order valence-corrected chi connectivity index (χ4v) is 3.32. The Balaban J connectivity index is 1.92. The fraction of sp³-hybridized carbons (Fsp3) is 0. The zero-order valence-electron chi connectivity index (χ0n) is 16.0. The third kappa shape index (κ3) is 3.74. The van der Waals surface area contributed by atoms with Crippen LogP contribution in [-0.2, 0) is 0 Å². The van der Waals surface area contributed by atoms with Gasteiger partial charge >= 0.3 is 0 Å². The summed E-state index contributed by atoms with van der Waals surface area (Å²) in [4.78, 5) is 39.9. The van der Waals surface area contributed by atoms with Gasteiger partial charge in [-0.3, -0.25) is 14.4 Å². The van der Waals surface area contributed by atoms with E-state index in [2.05, 4.69) is 6.07 Å². The van der Waals surface area contributed by atoms with Crippen molar-refractivity contribution in [2.24, 2.45) is 0 Å². The van der Waals surface area contributed by atoms with Gasteiger partial charge in [-0.2, -0.15) is 0 Å². The van der Waals surface area contributed by atoms with Gasteiger partial charge in [0.15, 0.2) is 17.3 Å². The van der Waals surface area contributed by atoms with Crippen LogP contribution in [0, 0.1) is 6.07 Å². The van der Waals surface area contributed by atoms with Gasteiger partial charge in [0, 0.05) is 33.4 Å². The first-order chi connectivity index (χ1) is 14.7. The first-order valence-corrected chi connectivity index (χ1v) is 9.50. The third-order valence-corrected chi connectivity index (χ3v) is 4.82. The van der Waals surface area contributed by atoms with Crippen molar-refractivity contribution >= 4 is 17.3 Å². The molecule has 3 nitrogen and oxygen atoms in total. The molecule has 0 aliphatic heterocycles. The van der Waals surface area contributed by atoms with E-state index in [4.69, 9.17) is 0 Å². The lowest BCUT2D eigenvalue weighted by Crippen LogP contribution is -2.17. The molecule has 0 bridgehead atoms. The van der Waals surface area contributed by atoms with Crippen LogP contribution in [0.15, 0.2) is 103 Å². The van der Waals surface area contributed by atoms with Crippen molar-refractivity contribution in [1.29, 1.82) is 0 Å². The van der Waals surface area contributed by atoms with Gasteiger partial charge in [0.05, 0.1) is 0 Å². The van der Waals surface area contributed by atoms with E-state index in [9.17, 15) is 14.4 Å². The van der Waals surface area contributed by atoms with Gasteiger partial charge in [-0.1, -0.05) is 91.0 Å². The second-order valence-corrected chi connectivity index (χ2v) is 6.74. The maximum absolute atomic E-state index is 13.4. The summed E-state index contributed by atoms with van der Waals surface area (Å²) in [5.41, 5.74) is 1.72. The van der Waals surface area contributed by atoms with Crippen molar-refractivity contribution in [1.82, 2.24) is 0 Å². The molecule has 0 aliphatic rings. The Labute approximate surface area is 174 Å². The molecule has 0 amide bonds. The Morgan fingerprint density at radius 2 is 0.800 bits per heavy atom. The van der Waals surface area contributed by atoms with E-state index in [1.165, 1.54) is 12.1 Å². The molecule has 0 spiro atoms. The summed E-state index contributed by atoms with van der Waals surface area (Å²) in [7, 11) is 0. The van der Waals surface area contributed by atoms with Crippen LogP contribution in [0.4, 0.5) is 0 Å². The van der Waals surface area contributed by atoms with Crippen molar-refractivity contribution in [2.45, 2.75) is 0 Å². The number of benzene rings is 4. The Kier molecular flexibility index (Phi) is 5.44. The highest BCUT2D eigenvalue weighted by Gasteiger charge is 2.26. The molecule has 0 aromatic heterocycles. The quantitative estimate of drug-likeness (QED) is 0.427. The molecule has 0 unspecified atom stereocenters. The van der Waals surface area contributed by atoms with Gasteiger partial charge in [-0.15, -0.1) is 0 Å². The van der Waals surface area contributed by atoms with Crippen LogP contribution in [0.3, 0.4) is 0 Å². The minimum atomic E-state index is -0.372. The molecule has 4 rings (SSSR count). The Bertz CT molecular complexity index is 1140. The van der Waals surface area contributed by atoms with Gasteiger partial charge in [0.25, 0.3) is 0 Å². The minimum absolute atomic E-state index is 0.0997. The average Bonchev–Trinajstić information content (AvgIpc) is 2.84. The van der Waals surface area contributed by atoms with Gasteiger partial charge in [0.1, 0.15) is 0 Å². The second-order valence-electron chi connectivity index (χ2n) is 6.74. The number of carbonyl (C=O) groups excluding carboxylic acids is 3. The molecule has 0 fully saturated rings. The molecule has 0 saturated carbocycles. The Morgan fingerprint density at radius 3 is 1.17 bits per heavy atom. The number of rotatable bonds is 6. The number of carbonyl (C=O) groups is 3. The zero-order chi connectivity index (χ0) is 20.9. The molecular formula is C27H17O3. The average molecular weight is 389 g/mol. The van der Waals surface area contributed by atoms with Crippen LogP contribution in [0.5, 0.6) is 0 Å². The predicted molar refractivity (Wildman–Crippen MR) is 115 cm³/mol. The maximum atomic E-state index is 13.4. The summed E-state index contributed by atoms with van der Waals surface area (Å²) in [6.07, 6.45) is 0. The summed E-state index contributed by atoms with van der Waals surface area (Å²) in [5, 5.41) is 0. The van der Waals surface area contributed by atoms with E-state index in [1.54, 1.807) is 72.8 Å². The number of hydrogen-bond donors (Lipinski definition) is 0. The van der Waals surface area contributed by atoms with Crippen molar-refractivity contribution in [2.75, 3.05) is 0 Å². The molecule has 0 heterocycles. The van der Waals surface area contributed by atoms with Crippen molar-refractivity contribution in [3.05, 3.63) is 143 Å². The summed E-state index contributed by atoms with van der Waals surface area (Å²) < 4.78 is 0. The molecule has 143 valence electrons. The Hall–Kier alpha value is -4.11. The molecule has 3 heteroatoms. The first-order valence-electron chi connectivity index (χ1n) is 9.50. The van der Waals surface area contributed by atoms with E-state index in [0.717, 1.165) is 0 Å².